The van der Waals surface area contributed by atoms with Gasteiger partial charge >= 0.3 is 0 Å². The largest absolute Gasteiger partial charge is 0.345 e. The number of carbonyl (C=O) groups excluding carboxylic acids is 2. The Labute approximate surface area is 139 Å². The molecule has 24 heavy (non-hydrogen) atoms. The normalized spacial score (nSPS) is 10.1. The summed E-state index contributed by atoms with van der Waals surface area (Å²) in [7, 11) is 3.24. The average molecular weight is 327 g/mol. The van der Waals surface area contributed by atoms with Crippen LogP contribution >= 0.6 is 0 Å². The lowest BCUT2D eigenvalue weighted by Gasteiger charge is -2.14. The molecule has 1 N–H and O–H groups in total. The highest BCUT2D eigenvalue weighted by atomic mass is 16.6. The molecule has 2 aromatic carbocycles. The van der Waals surface area contributed by atoms with Gasteiger partial charge in [-0.2, -0.15) is 0 Å². The third-order valence-electron chi connectivity index (χ3n) is 3.38. The molecule has 0 aliphatic heterocycles. The number of anilines is 1. The summed E-state index contributed by atoms with van der Waals surface area (Å²) in [6, 6.07) is 12.7. The second kappa shape index (κ2) is 7.36. The molecule has 0 atom stereocenters. The second-order valence-corrected chi connectivity index (χ2v) is 5.36. The van der Waals surface area contributed by atoms with Gasteiger partial charge in [0.05, 0.1) is 22.6 Å². The first-order valence-electron chi connectivity index (χ1n) is 7.23. The first-order valence-corrected chi connectivity index (χ1v) is 7.23. The number of rotatable bonds is 5. The van der Waals surface area contributed by atoms with Crippen molar-refractivity contribution in [3.63, 3.8) is 0 Å². The van der Waals surface area contributed by atoms with Crippen LogP contribution in [0.2, 0.25) is 0 Å². The molecule has 0 fully saturated rings. The molecule has 2 amide bonds. The zero-order valence-electron chi connectivity index (χ0n) is 13.4. The molecule has 0 aliphatic carbocycles. The standard InChI is InChI=1S/C17H17N3O4/c1-19(2)17(22)13-8-4-5-9-14(13)18-16(21)11-12-7-3-6-10-15(12)20(23)24/h3-10H,11H2,1-2H3,(H,18,21). The number of nitrogens with one attached hydrogen (secondary N) is 1. The van der Waals surface area contributed by atoms with Gasteiger partial charge in [-0.25, -0.2) is 0 Å². The molecule has 0 aliphatic rings. The number of amides is 2. The zero-order valence-corrected chi connectivity index (χ0v) is 13.4. The van der Waals surface area contributed by atoms with E-state index in [4.69, 9.17) is 0 Å². The Morgan fingerprint density at radius 1 is 1.08 bits per heavy atom. The van der Waals surface area contributed by atoms with E-state index in [1.54, 1.807) is 50.5 Å². The molecular weight excluding hydrogens is 310 g/mol. The molecule has 0 heterocycles. The Hall–Kier alpha value is -3.22. The van der Waals surface area contributed by atoms with E-state index in [1.165, 1.54) is 17.0 Å². The van der Waals surface area contributed by atoms with Crippen LogP contribution in [0.25, 0.3) is 0 Å². The van der Waals surface area contributed by atoms with Crippen molar-refractivity contribution in [3.05, 3.63) is 69.8 Å². The lowest BCUT2D eigenvalue weighted by Crippen LogP contribution is -2.24. The van der Waals surface area contributed by atoms with Crippen molar-refractivity contribution < 1.29 is 14.5 Å². The van der Waals surface area contributed by atoms with E-state index < -0.39 is 10.8 Å². The maximum atomic E-state index is 12.2. The second-order valence-electron chi connectivity index (χ2n) is 5.36. The average Bonchev–Trinajstić information content (AvgIpc) is 2.54. The van der Waals surface area contributed by atoms with Crippen molar-refractivity contribution in [3.8, 4) is 0 Å². The van der Waals surface area contributed by atoms with Gasteiger partial charge < -0.3 is 10.2 Å². The summed E-state index contributed by atoms with van der Waals surface area (Å²) in [5, 5.41) is 13.7. The Kier molecular flexibility index (Phi) is 5.26. The summed E-state index contributed by atoms with van der Waals surface area (Å²) >= 11 is 0. The highest BCUT2D eigenvalue weighted by Gasteiger charge is 2.18. The van der Waals surface area contributed by atoms with E-state index in [9.17, 15) is 19.7 Å². The minimum absolute atomic E-state index is 0.106. The number of benzene rings is 2. The van der Waals surface area contributed by atoms with Gasteiger partial charge in [0.1, 0.15) is 0 Å². The zero-order chi connectivity index (χ0) is 17.7. The van der Waals surface area contributed by atoms with Crippen LogP contribution in [0.15, 0.2) is 48.5 Å². The minimum atomic E-state index is -0.522. The Morgan fingerprint density at radius 2 is 1.71 bits per heavy atom. The number of para-hydroxylation sites is 2. The summed E-state index contributed by atoms with van der Waals surface area (Å²) < 4.78 is 0. The fourth-order valence-electron chi connectivity index (χ4n) is 2.23. The van der Waals surface area contributed by atoms with Crippen molar-refractivity contribution >= 4 is 23.2 Å². The van der Waals surface area contributed by atoms with Gasteiger partial charge in [0.25, 0.3) is 11.6 Å². The van der Waals surface area contributed by atoms with Gasteiger partial charge in [-0.15, -0.1) is 0 Å². The molecule has 0 aromatic heterocycles. The monoisotopic (exact) mass is 327 g/mol. The SMILES string of the molecule is CN(C)C(=O)c1ccccc1NC(=O)Cc1ccccc1[N+](=O)[O-]. The summed E-state index contributed by atoms with van der Waals surface area (Å²) in [5.74, 6) is -0.667. The summed E-state index contributed by atoms with van der Waals surface area (Å²) in [6.45, 7) is 0. The lowest BCUT2D eigenvalue weighted by molar-refractivity contribution is -0.385. The van der Waals surface area contributed by atoms with Gasteiger partial charge in [-0.1, -0.05) is 30.3 Å². The smallest absolute Gasteiger partial charge is 0.273 e. The first-order chi connectivity index (χ1) is 11.4. The van der Waals surface area contributed by atoms with E-state index in [1.807, 2.05) is 0 Å². The van der Waals surface area contributed by atoms with E-state index in [0.29, 0.717) is 16.8 Å². The fourth-order valence-corrected chi connectivity index (χ4v) is 2.23. The molecule has 0 bridgehead atoms. The molecule has 124 valence electrons. The summed E-state index contributed by atoms with van der Waals surface area (Å²) in [5.41, 5.74) is 0.944. The van der Waals surface area contributed by atoms with Crippen molar-refractivity contribution in [2.24, 2.45) is 0 Å². The number of nitro benzene ring substituents is 1. The molecule has 2 aromatic rings. The third kappa shape index (κ3) is 3.95. The molecular formula is C17H17N3O4. The van der Waals surface area contributed by atoms with Crippen LogP contribution < -0.4 is 5.32 Å². The molecule has 0 saturated carbocycles. The highest BCUT2D eigenvalue weighted by Crippen LogP contribution is 2.20. The van der Waals surface area contributed by atoms with Gasteiger partial charge in [0.2, 0.25) is 5.91 Å². The fraction of sp³-hybridized carbons (Fsp3) is 0.176. The number of hydrogen-bond acceptors (Lipinski definition) is 4. The van der Waals surface area contributed by atoms with Crippen LogP contribution in [0.4, 0.5) is 11.4 Å². The Bertz CT molecular complexity index is 787. The maximum absolute atomic E-state index is 12.2. The van der Waals surface area contributed by atoms with Crippen LogP contribution in [0.1, 0.15) is 15.9 Å². The maximum Gasteiger partial charge on any atom is 0.273 e. The molecule has 7 nitrogen and oxygen atoms in total. The lowest BCUT2D eigenvalue weighted by atomic mass is 10.1. The molecule has 0 unspecified atom stereocenters. The molecule has 0 saturated heterocycles. The van der Waals surface area contributed by atoms with Gasteiger partial charge in [0.15, 0.2) is 0 Å². The highest BCUT2D eigenvalue weighted by molar-refractivity contribution is 6.04. The van der Waals surface area contributed by atoms with Crippen LogP contribution in [0.5, 0.6) is 0 Å². The Morgan fingerprint density at radius 3 is 2.38 bits per heavy atom. The number of nitrogens with zero attached hydrogens (tertiary/aromatic N) is 2. The van der Waals surface area contributed by atoms with E-state index in [0.717, 1.165) is 0 Å². The predicted octanol–water partition coefficient (Wildman–Crippen LogP) is 2.48. The van der Waals surface area contributed by atoms with Gasteiger partial charge in [0, 0.05) is 25.7 Å². The van der Waals surface area contributed by atoms with Gasteiger partial charge in [-0.05, 0) is 12.1 Å². The number of nitro groups is 1. The Balaban J connectivity index is 2.20. The van der Waals surface area contributed by atoms with Crippen molar-refractivity contribution in [1.82, 2.24) is 4.90 Å². The van der Waals surface area contributed by atoms with Crippen molar-refractivity contribution in [2.75, 3.05) is 19.4 Å². The number of hydrogen-bond donors (Lipinski definition) is 1. The molecule has 0 spiro atoms. The van der Waals surface area contributed by atoms with Crippen LogP contribution in [-0.4, -0.2) is 35.7 Å². The van der Waals surface area contributed by atoms with E-state index in [-0.39, 0.29) is 18.0 Å². The van der Waals surface area contributed by atoms with Crippen LogP contribution in [-0.2, 0) is 11.2 Å². The first kappa shape index (κ1) is 17.1. The van der Waals surface area contributed by atoms with Crippen molar-refractivity contribution in [1.29, 1.82) is 0 Å². The molecule has 0 radical (unpaired) electrons. The summed E-state index contributed by atoms with van der Waals surface area (Å²) in [6.07, 6.45) is -0.151. The predicted molar refractivity (Wildman–Crippen MR) is 89.9 cm³/mol. The number of carbonyl (C=O) groups is 2. The van der Waals surface area contributed by atoms with Crippen LogP contribution in [0.3, 0.4) is 0 Å². The van der Waals surface area contributed by atoms with E-state index in [2.05, 4.69) is 5.32 Å². The molecule has 2 rings (SSSR count). The third-order valence-corrected chi connectivity index (χ3v) is 3.38. The van der Waals surface area contributed by atoms with E-state index >= 15 is 0 Å². The summed E-state index contributed by atoms with van der Waals surface area (Å²) in [4.78, 5) is 36.3. The van der Waals surface area contributed by atoms with Gasteiger partial charge in [-0.3, -0.25) is 19.7 Å². The quantitative estimate of drug-likeness (QED) is 0.674. The minimum Gasteiger partial charge on any atom is -0.345 e. The topological polar surface area (TPSA) is 92.6 Å². The van der Waals surface area contributed by atoms with Crippen molar-refractivity contribution in [2.45, 2.75) is 6.42 Å². The molecule has 7 heteroatoms. The van der Waals surface area contributed by atoms with Crippen LogP contribution in [0, 0.1) is 10.1 Å².